The minimum Gasteiger partial charge on any atom is -0.462 e. The molecule has 1 amide bonds. The van der Waals surface area contributed by atoms with Crippen LogP contribution in [-0.2, 0) is 6.54 Å². The molecular weight excluding hydrogens is 359 g/mol. The molecular formula is C18H12ClFN4O2. The summed E-state index contributed by atoms with van der Waals surface area (Å²) in [6, 6.07) is 5.98. The van der Waals surface area contributed by atoms with Crippen LogP contribution in [0.25, 0.3) is 17.1 Å². The van der Waals surface area contributed by atoms with E-state index in [1.54, 1.807) is 41.3 Å². The van der Waals surface area contributed by atoms with Crippen molar-refractivity contribution in [3.63, 3.8) is 0 Å². The van der Waals surface area contributed by atoms with Crippen molar-refractivity contribution in [3.05, 3.63) is 77.3 Å². The summed E-state index contributed by atoms with van der Waals surface area (Å²) in [5, 5.41) is 2.90. The maximum atomic E-state index is 13.8. The molecule has 0 saturated carbocycles. The Morgan fingerprint density at radius 3 is 3.08 bits per heavy atom. The average Bonchev–Trinajstić information content (AvgIpc) is 3.28. The van der Waals surface area contributed by atoms with Gasteiger partial charge in [-0.25, -0.2) is 9.37 Å². The quantitative estimate of drug-likeness (QED) is 0.594. The molecule has 0 aliphatic heterocycles. The Balaban J connectivity index is 1.53. The average molecular weight is 371 g/mol. The minimum atomic E-state index is -0.468. The van der Waals surface area contributed by atoms with E-state index in [0.29, 0.717) is 22.7 Å². The number of halogens is 2. The predicted molar refractivity (Wildman–Crippen MR) is 93.3 cm³/mol. The summed E-state index contributed by atoms with van der Waals surface area (Å²) < 4.78 is 21.1. The highest BCUT2D eigenvalue weighted by Gasteiger charge is 2.15. The standard InChI is InChI=1S/C18H12ClFN4O2/c19-13-2-1-3-14(20)12(13)7-23-18(25)11-6-16(26-10-11)15-8-22-17-9-21-4-5-24(15)17/h1-6,8-10H,7H2,(H,23,25). The zero-order chi connectivity index (χ0) is 18.1. The lowest BCUT2D eigenvalue weighted by atomic mass is 10.2. The Morgan fingerprint density at radius 2 is 2.23 bits per heavy atom. The SMILES string of the molecule is O=C(NCc1c(F)cccc1Cl)c1coc(-c2cnc3cnccn23)c1. The third-order valence-corrected chi connectivity index (χ3v) is 4.27. The van der Waals surface area contributed by atoms with Crippen LogP contribution in [-0.4, -0.2) is 20.3 Å². The van der Waals surface area contributed by atoms with E-state index in [2.05, 4.69) is 15.3 Å². The number of furan rings is 1. The van der Waals surface area contributed by atoms with E-state index in [-0.39, 0.29) is 17.1 Å². The van der Waals surface area contributed by atoms with Crippen molar-refractivity contribution >= 4 is 23.2 Å². The predicted octanol–water partition coefficient (Wildman–Crippen LogP) is 3.71. The molecule has 3 aromatic heterocycles. The molecule has 6 nitrogen and oxygen atoms in total. The summed E-state index contributed by atoms with van der Waals surface area (Å²) in [5.41, 5.74) is 1.91. The molecule has 0 fully saturated rings. The normalized spacial score (nSPS) is 11.0. The zero-order valence-electron chi connectivity index (χ0n) is 13.3. The number of aromatic nitrogens is 3. The fraction of sp³-hybridized carbons (Fsp3) is 0.0556. The maximum absolute atomic E-state index is 13.8. The topological polar surface area (TPSA) is 72.4 Å². The molecule has 0 bridgehead atoms. The first-order valence-corrected chi connectivity index (χ1v) is 8.08. The van der Waals surface area contributed by atoms with Gasteiger partial charge in [0.2, 0.25) is 0 Å². The van der Waals surface area contributed by atoms with Gasteiger partial charge in [0.1, 0.15) is 17.8 Å². The molecule has 1 aromatic carbocycles. The molecule has 0 radical (unpaired) electrons. The van der Waals surface area contributed by atoms with Crippen molar-refractivity contribution in [2.24, 2.45) is 0 Å². The third-order valence-electron chi connectivity index (χ3n) is 3.92. The molecule has 1 N–H and O–H groups in total. The lowest BCUT2D eigenvalue weighted by Crippen LogP contribution is -2.23. The molecule has 4 rings (SSSR count). The lowest BCUT2D eigenvalue weighted by Gasteiger charge is -2.06. The van der Waals surface area contributed by atoms with Crippen LogP contribution in [0, 0.1) is 5.82 Å². The van der Waals surface area contributed by atoms with Gasteiger partial charge in [-0.05, 0) is 18.2 Å². The summed E-state index contributed by atoms with van der Waals surface area (Å²) in [7, 11) is 0. The van der Waals surface area contributed by atoms with Crippen molar-refractivity contribution in [2.75, 3.05) is 0 Å². The van der Waals surface area contributed by atoms with Crippen molar-refractivity contribution < 1.29 is 13.6 Å². The molecule has 4 aromatic rings. The van der Waals surface area contributed by atoms with Crippen LogP contribution in [0.4, 0.5) is 4.39 Å². The van der Waals surface area contributed by atoms with E-state index in [1.165, 1.54) is 18.4 Å². The second-order valence-corrected chi connectivity index (χ2v) is 5.94. The van der Waals surface area contributed by atoms with Gasteiger partial charge < -0.3 is 9.73 Å². The smallest absolute Gasteiger partial charge is 0.254 e. The second-order valence-electron chi connectivity index (χ2n) is 5.53. The van der Waals surface area contributed by atoms with Gasteiger partial charge >= 0.3 is 0 Å². The summed E-state index contributed by atoms with van der Waals surface area (Å²) in [4.78, 5) is 20.5. The monoisotopic (exact) mass is 370 g/mol. The number of hydrogen-bond acceptors (Lipinski definition) is 4. The van der Waals surface area contributed by atoms with E-state index in [1.807, 2.05) is 0 Å². The van der Waals surface area contributed by atoms with Gasteiger partial charge in [0, 0.05) is 29.5 Å². The van der Waals surface area contributed by atoms with Gasteiger partial charge in [-0.1, -0.05) is 17.7 Å². The van der Waals surface area contributed by atoms with Crippen LogP contribution in [0.15, 0.2) is 59.7 Å². The van der Waals surface area contributed by atoms with E-state index in [9.17, 15) is 9.18 Å². The molecule has 0 spiro atoms. The van der Waals surface area contributed by atoms with E-state index >= 15 is 0 Å². The number of fused-ring (bicyclic) bond motifs is 1. The number of rotatable bonds is 4. The minimum absolute atomic E-state index is 0.0217. The molecule has 8 heteroatoms. The summed E-state index contributed by atoms with van der Waals surface area (Å²) in [6.45, 7) is -0.0217. The van der Waals surface area contributed by atoms with Crippen LogP contribution in [0.1, 0.15) is 15.9 Å². The Hall–Kier alpha value is -3.19. The van der Waals surface area contributed by atoms with Crippen LogP contribution < -0.4 is 5.32 Å². The van der Waals surface area contributed by atoms with Crippen molar-refractivity contribution in [1.29, 1.82) is 0 Å². The molecule has 130 valence electrons. The molecule has 0 aliphatic carbocycles. The first kappa shape index (κ1) is 16.3. The molecule has 0 saturated heterocycles. The van der Waals surface area contributed by atoms with Crippen LogP contribution in [0.3, 0.4) is 0 Å². The number of amides is 1. The third kappa shape index (κ3) is 2.93. The van der Waals surface area contributed by atoms with Gasteiger partial charge in [0.25, 0.3) is 5.91 Å². The molecule has 0 aliphatic rings. The first-order chi connectivity index (χ1) is 12.6. The van der Waals surface area contributed by atoms with Crippen LogP contribution in [0.5, 0.6) is 0 Å². The fourth-order valence-electron chi connectivity index (χ4n) is 2.59. The first-order valence-electron chi connectivity index (χ1n) is 7.70. The van der Waals surface area contributed by atoms with Gasteiger partial charge in [-0.3, -0.25) is 14.2 Å². The van der Waals surface area contributed by atoms with Gasteiger partial charge in [-0.2, -0.15) is 0 Å². The molecule has 26 heavy (non-hydrogen) atoms. The second kappa shape index (κ2) is 6.61. The maximum Gasteiger partial charge on any atom is 0.254 e. The Bertz CT molecular complexity index is 1090. The van der Waals surface area contributed by atoms with Gasteiger partial charge in [0.15, 0.2) is 11.4 Å². The molecule has 3 heterocycles. The number of imidazole rings is 1. The summed E-state index contributed by atoms with van der Waals surface area (Å²) in [5.74, 6) is -0.377. The van der Waals surface area contributed by atoms with E-state index < -0.39 is 11.7 Å². The molecule has 0 atom stereocenters. The zero-order valence-corrected chi connectivity index (χ0v) is 14.1. The lowest BCUT2D eigenvalue weighted by molar-refractivity contribution is 0.0950. The highest BCUT2D eigenvalue weighted by atomic mass is 35.5. The number of hydrogen-bond donors (Lipinski definition) is 1. The summed E-state index contributed by atoms with van der Waals surface area (Å²) in [6.07, 6.45) is 7.98. The van der Waals surface area contributed by atoms with Crippen molar-refractivity contribution in [3.8, 4) is 11.5 Å². The van der Waals surface area contributed by atoms with E-state index in [4.69, 9.17) is 16.0 Å². The van der Waals surface area contributed by atoms with Gasteiger partial charge in [-0.15, -0.1) is 0 Å². The fourth-order valence-corrected chi connectivity index (χ4v) is 2.82. The van der Waals surface area contributed by atoms with Gasteiger partial charge in [0.05, 0.1) is 18.0 Å². The highest BCUT2D eigenvalue weighted by Crippen LogP contribution is 2.23. The summed E-state index contributed by atoms with van der Waals surface area (Å²) >= 11 is 5.96. The van der Waals surface area contributed by atoms with E-state index in [0.717, 1.165) is 0 Å². The molecule has 0 unspecified atom stereocenters. The Kier molecular flexibility index (Phi) is 4.14. The Morgan fingerprint density at radius 1 is 1.35 bits per heavy atom. The van der Waals surface area contributed by atoms with Crippen molar-refractivity contribution in [1.82, 2.24) is 19.7 Å². The number of carbonyl (C=O) groups excluding carboxylic acids is 1. The van der Waals surface area contributed by atoms with Crippen LogP contribution >= 0.6 is 11.6 Å². The number of nitrogens with zero attached hydrogens (tertiary/aromatic N) is 3. The number of carbonyl (C=O) groups is 1. The Labute approximate surface area is 152 Å². The van der Waals surface area contributed by atoms with Crippen molar-refractivity contribution in [2.45, 2.75) is 6.54 Å². The highest BCUT2D eigenvalue weighted by molar-refractivity contribution is 6.31. The van der Waals surface area contributed by atoms with Crippen LogP contribution in [0.2, 0.25) is 5.02 Å². The largest absolute Gasteiger partial charge is 0.462 e. The number of benzene rings is 1. The number of nitrogens with one attached hydrogen (secondary N) is 1.